The van der Waals surface area contributed by atoms with Crippen LogP contribution in [0.3, 0.4) is 0 Å². The summed E-state index contributed by atoms with van der Waals surface area (Å²) < 4.78 is 76.7. The summed E-state index contributed by atoms with van der Waals surface area (Å²) >= 11 is 0. The first kappa shape index (κ1) is 25.1. The molecular formula is C25H26F5NO4. The molecule has 10 heteroatoms. The number of hydrogen-bond acceptors (Lipinski definition) is 4. The molecule has 2 aliphatic rings. The highest BCUT2D eigenvalue weighted by Gasteiger charge is 2.45. The smallest absolute Gasteiger partial charge is 0.481 e. The van der Waals surface area contributed by atoms with E-state index in [9.17, 15) is 31.9 Å². The Bertz CT molecular complexity index is 1100. The van der Waals surface area contributed by atoms with Gasteiger partial charge in [-0.25, -0.2) is 0 Å². The fourth-order valence-electron chi connectivity index (χ4n) is 4.53. The second kappa shape index (κ2) is 9.20. The number of halogens is 5. The summed E-state index contributed by atoms with van der Waals surface area (Å²) in [5, 5.41) is 12.4. The Kier molecular flexibility index (Phi) is 6.59. The first-order chi connectivity index (χ1) is 16.3. The van der Waals surface area contributed by atoms with Gasteiger partial charge >= 0.3 is 18.4 Å². The number of carbonyl (C=O) groups is 1. The number of alkyl halides is 5. The summed E-state index contributed by atoms with van der Waals surface area (Å²) in [6.07, 6.45) is -6.51. The molecule has 2 N–H and O–H groups in total. The van der Waals surface area contributed by atoms with Gasteiger partial charge < -0.3 is 19.9 Å². The Hall–Kier alpha value is -3.04. The van der Waals surface area contributed by atoms with Crippen LogP contribution < -0.4 is 14.8 Å². The van der Waals surface area contributed by atoms with Gasteiger partial charge in [-0.05, 0) is 66.5 Å². The van der Waals surface area contributed by atoms with Crippen LogP contribution in [0.25, 0.3) is 0 Å². The predicted molar refractivity (Wildman–Crippen MR) is 118 cm³/mol. The summed E-state index contributed by atoms with van der Waals surface area (Å²) in [5.41, 5.74) is 2.40. The van der Waals surface area contributed by atoms with Crippen LogP contribution in [0.2, 0.25) is 0 Å². The Morgan fingerprint density at radius 2 is 1.77 bits per heavy atom. The number of nitrogens with one attached hydrogen (secondary N) is 1. The van der Waals surface area contributed by atoms with Gasteiger partial charge in [-0.15, -0.1) is 8.78 Å². The van der Waals surface area contributed by atoms with Crippen molar-refractivity contribution in [2.24, 2.45) is 11.8 Å². The standard InChI is InChI=1S/C25H26F5NO4/c1-13-3-4-16(18(11-23(32)33)15-5-6-15)9-20(13)31-12-19(14(2)24(26,27)28)17-7-8-21-22(10-17)35-25(29,30)34-21/h3-4,7-10,14-15,18-19,31H,5-6,11-12H2,1-2H3,(H,32,33)/t14-,18+,19+/m1/s1. The van der Waals surface area contributed by atoms with Gasteiger partial charge in [-0.3, -0.25) is 4.79 Å². The van der Waals surface area contributed by atoms with Crippen LogP contribution in [0.15, 0.2) is 36.4 Å². The van der Waals surface area contributed by atoms with E-state index >= 15 is 0 Å². The molecule has 0 aromatic heterocycles. The molecule has 3 atom stereocenters. The van der Waals surface area contributed by atoms with Crippen molar-refractivity contribution in [1.29, 1.82) is 0 Å². The van der Waals surface area contributed by atoms with Crippen molar-refractivity contribution in [3.8, 4) is 11.5 Å². The molecule has 35 heavy (non-hydrogen) atoms. The number of hydrogen-bond donors (Lipinski definition) is 2. The zero-order chi connectivity index (χ0) is 25.5. The third-order valence-corrected chi connectivity index (χ3v) is 6.76. The maximum absolute atomic E-state index is 13.7. The topological polar surface area (TPSA) is 67.8 Å². The van der Waals surface area contributed by atoms with Crippen molar-refractivity contribution in [2.45, 2.75) is 57.4 Å². The Labute approximate surface area is 199 Å². The number of ether oxygens (including phenoxy) is 2. The highest BCUT2D eigenvalue weighted by molar-refractivity contribution is 5.68. The lowest BCUT2D eigenvalue weighted by atomic mass is 9.86. The molecule has 2 aromatic rings. The molecule has 0 bridgehead atoms. The van der Waals surface area contributed by atoms with Gasteiger partial charge in [-0.1, -0.05) is 25.1 Å². The van der Waals surface area contributed by atoms with Gasteiger partial charge in [0, 0.05) is 18.2 Å². The van der Waals surface area contributed by atoms with E-state index in [2.05, 4.69) is 14.8 Å². The Morgan fingerprint density at radius 1 is 1.11 bits per heavy atom. The van der Waals surface area contributed by atoms with Crippen molar-refractivity contribution in [3.63, 3.8) is 0 Å². The highest BCUT2D eigenvalue weighted by Crippen LogP contribution is 2.46. The van der Waals surface area contributed by atoms with E-state index in [0.29, 0.717) is 5.69 Å². The molecular weight excluding hydrogens is 473 g/mol. The Morgan fingerprint density at radius 3 is 2.40 bits per heavy atom. The molecule has 5 nitrogen and oxygen atoms in total. The van der Waals surface area contributed by atoms with Gasteiger partial charge in [0.1, 0.15) is 0 Å². The highest BCUT2D eigenvalue weighted by atomic mass is 19.4. The van der Waals surface area contributed by atoms with Gasteiger partial charge in [0.05, 0.1) is 12.3 Å². The van der Waals surface area contributed by atoms with Crippen molar-refractivity contribution in [3.05, 3.63) is 53.1 Å². The maximum atomic E-state index is 13.7. The molecule has 0 amide bonds. The monoisotopic (exact) mass is 499 g/mol. The average Bonchev–Trinajstić information content (AvgIpc) is 3.54. The van der Waals surface area contributed by atoms with Crippen LogP contribution in [0.1, 0.15) is 54.7 Å². The minimum absolute atomic E-state index is 0.0112. The number of carboxylic acid groups (broad SMARTS) is 1. The van der Waals surface area contributed by atoms with E-state index in [4.69, 9.17) is 0 Å². The van der Waals surface area contributed by atoms with Crippen molar-refractivity contribution in [1.82, 2.24) is 0 Å². The molecule has 1 saturated carbocycles. The normalized spacial score (nSPS) is 19.2. The predicted octanol–water partition coefficient (Wildman–Crippen LogP) is 6.68. The molecule has 0 radical (unpaired) electrons. The quantitative estimate of drug-likeness (QED) is 0.377. The molecule has 4 rings (SSSR count). The summed E-state index contributed by atoms with van der Waals surface area (Å²) in [6.45, 7) is 2.72. The molecule has 2 aromatic carbocycles. The van der Waals surface area contributed by atoms with E-state index in [-0.39, 0.29) is 41.9 Å². The van der Waals surface area contributed by atoms with Crippen LogP contribution in [-0.4, -0.2) is 30.1 Å². The molecule has 190 valence electrons. The third kappa shape index (κ3) is 5.79. The summed E-state index contributed by atoms with van der Waals surface area (Å²) in [6, 6.07) is 9.15. The molecule has 0 unspecified atom stereocenters. The molecule has 1 aliphatic heterocycles. The number of anilines is 1. The number of benzene rings is 2. The number of carboxylic acids is 1. The van der Waals surface area contributed by atoms with E-state index in [1.165, 1.54) is 12.1 Å². The molecule has 1 fully saturated rings. The van der Waals surface area contributed by atoms with E-state index in [1.807, 2.05) is 12.1 Å². The summed E-state index contributed by atoms with van der Waals surface area (Å²) in [5.74, 6) is -4.22. The summed E-state index contributed by atoms with van der Waals surface area (Å²) in [7, 11) is 0. The molecule has 1 heterocycles. The minimum Gasteiger partial charge on any atom is -0.481 e. The summed E-state index contributed by atoms with van der Waals surface area (Å²) in [4.78, 5) is 11.3. The van der Waals surface area contributed by atoms with Crippen LogP contribution >= 0.6 is 0 Å². The second-order valence-electron chi connectivity index (χ2n) is 9.31. The molecule has 0 saturated heterocycles. The fourth-order valence-corrected chi connectivity index (χ4v) is 4.53. The lowest BCUT2D eigenvalue weighted by Gasteiger charge is -2.28. The van der Waals surface area contributed by atoms with Crippen molar-refractivity contribution < 1.29 is 41.3 Å². The van der Waals surface area contributed by atoms with E-state index in [1.54, 1.807) is 13.0 Å². The van der Waals surface area contributed by atoms with Crippen LogP contribution in [-0.2, 0) is 4.79 Å². The first-order valence-electron chi connectivity index (χ1n) is 11.4. The van der Waals surface area contributed by atoms with Crippen molar-refractivity contribution in [2.75, 3.05) is 11.9 Å². The van der Waals surface area contributed by atoms with Crippen LogP contribution in [0, 0.1) is 18.8 Å². The molecule has 0 spiro atoms. The molecule has 1 aliphatic carbocycles. The zero-order valence-electron chi connectivity index (χ0n) is 19.2. The number of aryl methyl sites for hydroxylation is 1. The van der Waals surface area contributed by atoms with Gasteiger partial charge in [0.15, 0.2) is 11.5 Å². The zero-order valence-corrected chi connectivity index (χ0v) is 19.2. The van der Waals surface area contributed by atoms with E-state index < -0.39 is 30.3 Å². The fraction of sp³-hybridized carbons (Fsp3) is 0.480. The van der Waals surface area contributed by atoms with E-state index in [0.717, 1.165) is 37.0 Å². The second-order valence-corrected chi connectivity index (χ2v) is 9.31. The average molecular weight is 499 g/mol. The van der Waals surface area contributed by atoms with Gasteiger partial charge in [-0.2, -0.15) is 13.2 Å². The minimum atomic E-state index is -4.53. The largest absolute Gasteiger partial charge is 0.586 e. The number of fused-ring (bicyclic) bond motifs is 1. The number of aliphatic carboxylic acids is 1. The van der Waals surface area contributed by atoms with Crippen LogP contribution in [0.5, 0.6) is 11.5 Å². The van der Waals surface area contributed by atoms with Gasteiger partial charge in [0.25, 0.3) is 0 Å². The first-order valence-corrected chi connectivity index (χ1v) is 11.4. The third-order valence-electron chi connectivity index (χ3n) is 6.76. The maximum Gasteiger partial charge on any atom is 0.586 e. The van der Waals surface area contributed by atoms with Crippen molar-refractivity contribution >= 4 is 11.7 Å². The lowest BCUT2D eigenvalue weighted by molar-refractivity contribution is -0.286. The van der Waals surface area contributed by atoms with Crippen LogP contribution in [0.4, 0.5) is 27.6 Å². The Balaban J connectivity index is 1.59. The SMILES string of the molecule is Cc1ccc([C@@H](CC(=O)O)C2CC2)cc1NC[C@H](c1ccc2c(c1)OC(F)(F)O2)[C@@H](C)C(F)(F)F. The lowest BCUT2D eigenvalue weighted by Crippen LogP contribution is -2.30. The number of rotatable bonds is 9. The van der Waals surface area contributed by atoms with Gasteiger partial charge in [0.2, 0.25) is 0 Å².